The Balaban J connectivity index is 1.32. The Kier molecular flexibility index (Phi) is 7.92. The molecule has 4 aromatic carbocycles. The average Bonchev–Trinajstić information content (AvgIpc) is 3.03. The van der Waals surface area contributed by atoms with Gasteiger partial charge < -0.3 is 15.7 Å². The molecule has 4 aromatic rings. The first-order valence-corrected chi connectivity index (χ1v) is 14.7. The minimum absolute atomic E-state index is 0.0883. The van der Waals surface area contributed by atoms with E-state index >= 15 is 0 Å². The van der Waals surface area contributed by atoms with E-state index in [9.17, 15) is 5.11 Å². The Bertz CT molecular complexity index is 1280. The predicted octanol–water partition coefficient (Wildman–Crippen LogP) is 7.08. The zero-order valence-corrected chi connectivity index (χ0v) is 22.7. The van der Waals surface area contributed by atoms with Gasteiger partial charge in [-0.15, -0.1) is 0 Å². The van der Waals surface area contributed by atoms with Crippen molar-refractivity contribution in [1.82, 2.24) is 10.6 Å². The van der Waals surface area contributed by atoms with Gasteiger partial charge >= 0.3 is 0 Å². The molecule has 6 rings (SSSR count). The van der Waals surface area contributed by atoms with Crippen LogP contribution in [0.3, 0.4) is 0 Å². The van der Waals surface area contributed by atoms with E-state index in [4.69, 9.17) is 0 Å². The van der Waals surface area contributed by atoms with Gasteiger partial charge in [-0.05, 0) is 66.5 Å². The lowest BCUT2D eigenvalue weighted by Crippen LogP contribution is -2.52. The molecule has 3 N–H and O–H groups in total. The van der Waals surface area contributed by atoms with E-state index < -0.39 is 5.60 Å². The van der Waals surface area contributed by atoms with Gasteiger partial charge in [0.1, 0.15) is 5.60 Å². The van der Waals surface area contributed by atoms with Crippen LogP contribution in [-0.4, -0.2) is 23.7 Å². The summed E-state index contributed by atoms with van der Waals surface area (Å²) >= 11 is 0. The van der Waals surface area contributed by atoms with Crippen LogP contribution < -0.4 is 10.6 Å². The first-order chi connectivity index (χ1) is 19.2. The summed E-state index contributed by atoms with van der Waals surface area (Å²) in [5.41, 5.74) is 4.86. The van der Waals surface area contributed by atoms with Crippen molar-refractivity contribution in [3.63, 3.8) is 0 Å². The molecule has 4 unspecified atom stereocenters. The Labute approximate surface area is 233 Å². The third-order valence-corrected chi connectivity index (χ3v) is 8.90. The van der Waals surface area contributed by atoms with Crippen molar-refractivity contribution in [1.29, 1.82) is 0 Å². The van der Waals surface area contributed by atoms with E-state index in [0.717, 1.165) is 36.9 Å². The van der Waals surface area contributed by atoms with Crippen LogP contribution in [-0.2, 0) is 5.60 Å². The van der Waals surface area contributed by atoms with Crippen LogP contribution >= 0.6 is 0 Å². The molecule has 2 fully saturated rings. The van der Waals surface area contributed by atoms with Crippen LogP contribution in [0.25, 0.3) is 0 Å². The van der Waals surface area contributed by atoms with Crippen LogP contribution in [0.15, 0.2) is 115 Å². The molecule has 0 spiro atoms. The molecule has 0 saturated carbocycles. The quantitative estimate of drug-likeness (QED) is 0.246. The number of hydrogen-bond donors (Lipinski definition) is 3. The molecular formula is C36H40N2O. The van der Waals surface area contributed by atoms with Gasteiger partial charge in [-0.1, -0.05) is 122 Å². The van der Waals surface area contributed by atoms with Crippen LogP contribution in [0.4, 0.5) is 0 Å². The van der Waals surface area contributed by atoms with Crippen molar-refractivity contribution >= 4 is 0 Å². The highest BCUT2D eigenvalue weighted by Crippen LogP contribution is 2.40. The number of piperidine rings is 2. The van der Waals surface area contributed by atoms with Crippen LogP contribution in [0, 0.1) is 0 Å². The van der Waals surface area contributed by atoms with E-state index in [-0.39, 0.29) is 12.1 Å². The Morgan fingerprint density at radius 2 is 1.28 bits per heavy atom. The van der Waals surface area contributed by atoms with Crippen LogP contribution in [0.1, 0.15) is 78.3 Å². The fourth-order valence-electron chi connectivity index (χ4n) is 6.93. The second-order valence-corrected chi connectivity index (χ2v) is 11.3. The van der Waals surface area contributed by atoms with Crippen molar-refractivity contribution in [3.05, 3.63) is 143 Å². The number of benzene rings is 4. The maximum Gasteiger partial charge on any atom is 0.130 e. The highest BCUT2D eigenvalue weighted by Gasteiger charge is 2.42. The van der Waals surface area contributed by atoms with E-state index in [2.05, 4.69) is 89.5 Å². The fourth-order valence-corrected chi connectivity index (χ4v) is 6.93. The lowest BCUT2D eigenvalue weighted by molar-refractivity contribution is 0.0187. The maximum atomic E-state index is 12.4. The van der Waals surface area contributed by atoms with Gasteiger partial charge in [-0.2, -0.15) is 0 Å². The molecular weight excluding hydrogens is 476 g/mol. The second-order valence-electron chi connectivity index (χ2n) is 11.3. The molecule has 0 bridgehead atoms. The molecule has 4 atom stereocenters. The highest BCUT2D eigenvalue weighted by atomic mass is 16.3. The molecule has 0 aliphatic carbocycles. The molecule has 2 saturated heterocycles. The summed E-state index contributed by atoms with van der Waals surface area (Å²) in [6, 6.07) is 41.1. The van der Waals surface area contributed by atoms with Crippen molar-refractivity contribution in [2.24, 2.45) is 0 Å². The number of nitrogens with one attached hydrogen (secondary N) is 2. The number of rotatable bonds is 7. The Morgan fingerprint density at radius 3 is 1.92 bits per heavy atom. The highest BCUT2D eigenvalue weighted by molar-refractivity contribution is 5.40. The molecule has 3 heteroatoms. The summed E-state index contributed by atoms with van der Waals surface area (Å²) in [6.07, 6.45) is 6.81. The normalized spacial score (nSPS) is 22.7. The smallest absolute Gasteiger partial charge is 0.130 e. The van der Waals surface area contributed by atoms with Gasteiger partial charge in [0, 0.05) is 24.0 Å². The lowest BCUT2D eigenvalue weighted by Gasteiger charge is -2.43. The minimum atomic E-state index is -1.10. The van der Waals surface area contributed by atoms with Gasteiger partial charge in [0.2, 0.25) is 0 Å². The molecule has 2 aliphatic rings. The molecule has 0 radical (unpaired) electrons. The zero-order valence-electron chi connectivity index (χ0n) is 22.7. The standard InChI is InChI=1S/C36H40N2O/c39-36(30-18-6-2-7-19-30,31-20-8-3-9-21-31)34-24-13-23-32(38-34)28-16-12-17-29(26-28)35(27-14-4-1-5-15-27)33-22-10-11-25-37-33/h1-9,12,14-21,26,32-35,37-39H,10-11,13,22-25H2. The summed E-state index contributed by atoms with van der Waals surface area (Å²) < 4.78 is 0. The SMILES string of the molecule is OC(c1ccccc1)(c1ccccc1)C1CCCC(c2cccc(C(c3ccccc3)C3CCCCN3)c2)N1. The summed E-state index contributed by atoms with van der Waals surface area (Å²) in [6.45, 7) is 1.09. The molecule has 200 valence electrons. The molecule has 39 heavy (non-hydrogen) atoms. The second kappa shape index (κ2) is 11.9. The third kappa shape index (κ3) is 5.45. The first kappa shape index (κ1) is 26.0. The number of hydrogen-bond acceptors (Lipinski definition) is 3. The van der Waals surface area contributed by atoms with Crippen molar-refractivity contribution in [3.8, 4) is 0 Å². The largest absolute Gasteiger partial charge is 0.379 e. The maximum absolute atomic E-state index is 12.4. The summed E-state index contributed by atoms with van der Waals surface area (Å²) in [5.74, 6) is 0.330. The average molecular weight is 517 g/mol. The Hall–Kier alpha value is -3.24. The fraction of sp³-hybridized carbons (Fsp3) is 0.333. The molecule has 2 aliphatic heterocycles. The predicted molar refractivity (Wildman–Crippen MR) is 160 cm³/mol. The monoisotopic (exact) mass is 516 g/mol. The summed E-state index contributed by atoms with van der Waals surface area (Å²) in [5, 5.41) is 20.2. The first-order valence-electron chi connectivity index (χ1n) is 14.7. The van der Waals surface area contributed by atoms with E-state index in [1.807, 2.05) is 36.4 Å². The van der Waals surface area contributed by atoms with Gasteiger partial charge in [-0.3, -0.25) is 0 Å². The molecule has 3 nitrogen and oxygen atoms in total. The zero-order chi connectivity index (χ0) is 26.5. The van der Waals surface area contributed by atoms with Crippen LogP contribution in [0.5, 0.6) is 0 Å². The minimum Gasteiger partial charge on any atom is -0.379 e. The van der Waals surface area contributed by atoms with E-state index in [1.54, 1.807) is 0 Å². The number of aliphatic hydroxyl groups is 1. The Morgan fingerprint density at radius 1 is 0.641 bits per heavy atom. The summed E-state index contributed by atoms with van der Waals surface area (Å²) in [4.78, 5) is 0. The molecule has 0 amide bonds. The van der Waals surface area contributed by atoms with Gasteiger partial charge in [0.25, 0.3) is 0 Å². The molecule has 0 aromatic heterocycles. The van der Waals surface area contributed by atoms with Gasteiger partial charge in [0.15, 0.2) is 0 Å². The lowest BCUT2D eigenvalue weighted by atomic mass is 9.75. The van der Waals surface area contributed by atoms with Crippen molar-refractivity contribution < 1.29 is 5.11 Å². The van der Waals surface area contributed by atoms with Gasteiger partial charge in [0.05, 0.1) is 0 Å². The van der Waals surface area contributed by atoms with Crippen molar-refractivity contribution in [2.75, 3.05) is 6.54 Å². The van der Waals surface area contributed by atoms with Crippen LogP contribution in [0.2, 0.25) is 0 Å². The third-order valence-electron chi connectivity index (χ3n) is 8.90. The van der Waals surface area contributed by atoms with Gasteiger partial charge in [-0.25, -0.2) is 0 Å². The molecule has 2 heterocycles. The van der Waals surface area contributed by atoms with E-state index in [1.165, 1.54) is 36.0 Å². The summed E-state index contributed by atoms with van der Waals surface area (Å²) in [7, 11) is 0. The van der Waals surface area contributed by atoms with E-state index in [0.29, 0.717) is 12.0 Å². The van der Waals surface area contributed by atoms with Crippen molar-refractivity contribution in [2.45, 2.75) is 68.2 Å². The topological polar surface area (TPSA) is 44.3 Å².